The summed E-state index contributed by atoms with van der Waals surface area (Å²) in [5.74, 6) is 0.463. The Labute approximate surface area is 179 Å². The van der Waals surface area contributed by atoms with Gasteiger partial charge in [-0.1, -0.05) is 29.3 Å². The average Bonchev–Trinajstić information content (AvgIpc) is 3.04. The maximum atomic E-state index is 13.0. The first kappa shape index (κ1) is 20.0. The topological polar surface area (TPSA) is 54.3 Å². The van der Waals surface area contributed by atoms with E-state index in [4.69, 9.17) is 27.9 Å². The number of hydrogen-bond donors (Lipinski definition) is 1. The zero-order valence-electron chi connectivity index (χ0n) is 16.0. The van der Waals surface area contributed by atoms with Crippen LogP contribution in [0.25, 0.3) is 0 Å². The van der Waals surface area contributed by atoms with Crippen molar-refractivity contribution in [2.24, 2.45) is 0 Å². The number of amides is 2. The van der Waals surface area contributed by atoms with Gasteiger partial charge in [0.2, 0.25) is 5.91 Å². The van der Waals surface area contributed by atoms with Crippen molar-refractivity contribution in [1.29, 1.82) is 0 Å². The summed E-state index contributed by atoms with van der Waals surface area (Å²) in [5.41, 5.74) is 1.58. The molecule has 8 heteroatoms. The van der Waals surface area contributed by atoms with Crippen molar-refractivity contribution < 1.29 is 19.2 Å². The van der Waals surface area contributed by atoms with Gasteiger partial charge in [0, 0.05) is 11.8 Å². The van der Waals surface area contributed by atoms with Gasteiger partial charge in [-0.2, -0.15) is 0 Å². The molecule has 2 aromatic rings. The van der Waals surface area contributed by atoms with Gasteiger partial charge in [0.15, 0.2) is 6.04 Å². The lowest BCUT2D eigenvalue weighted by Gasteiger charge is -2.35. The van der Waals surface area contributed by atoms with Crippen molar-refractivity contribution in [2.75, 3.05) is 43.1 Å². The third-order valence-corrected chi connectivity index (χ3v) is 6.36. The van der Waals surface area contributed by atoms with Crippen molar-refractivity contribution in [3.8, 4) is 5.75 Å². The zero-order valence-corrected chi connectivity index (χ0v) is 17.5. The summed E-state index contributed by atoms with van der Waals surface area (Å²) >= 11 is 12.0. The molecule has 0 radical (unpaired) electrons. The van der Waals surface area contributed by atoms with Gasteiger partial charge in [-0.15, -0.1) is 0 Å². The van der Waals surface area contributed by atoms with E-state index in [-0.39, 0.29) is 24.3 Å². The lowest BCUT2D eigenvalue weighted by molar-refractivity contribution is -0.915. The quantitative estimate of drug-likeness (QED) is 0.748. The molecular formula is C21H22Cl2N3O3+. The molecule has 0 saturated carbocycles. The average molecular weight is 435 g/mol. The number of carbonyl (C=O) groups is 2. The number of benzene rings is 2. The smallest absolute Gasteiger partial charge is 0.292 e. The van der Waals surface area contributed by atoms with Crippen LogP contribution in [-0.2, 0) is 9.59 Å². The lowest BCUT2D eigenvalue weighted by Crippen LogP contribution is -3.19. The number of carbonyl (C=O) groups excluding carboxylic acids is 2. The number of methoxy groups -OCH3 is 1. The largest absolute Gasteiger partial charge is 0.497 e. The fourth-order valence-corrected chi connectivity index (χ4v) is 4.35. The molecule has 0 spiro atoms. The molecule has 1 N–H and O–H groups in total. The SMILES string of the molecule is COc1cccc(N2CC[NH+]([C@H]3CC(=O)N(c4ccc(Cl)c(Cl)c4)C3=O)CC2)c1. The fourth-order valence-electron chi connectivity index (χ4n) is 4.05. The van der Waals surface area contributed by atoms with Crippen molar-refractivity contribution in [1.82, 2.24) is 0 Å². The summed E-state index contributed by atoms with van der Waals surface area (Å²) < 4.78 is 5.31. The van der Waals surface area contributed by atoms with Gasteiger partial charge < -0.3 is 14.5 Å². The molecule has 2 aliphatic heterocycles. The highest BCUT2D eigenvalue weighted by atomic mass is 35.5. The summed E-state index contributed by atoms with van der Waals surface area (Å²) in [4.78, 5) is 30.3. The highest BCUT2D eigenvalue weighted by Crippen LogP contribution is 2.30. The third-order valence-electron chi connectivity index (χ3n) is 5.62. The molecule has 2 saturated heterocycles. The fraction of sp³-hybridized carbons (Fsp3) is 0.333. The Balaban J connectivity index is 1.44. The van der Waals surface area contributed by atoms with E-state index < -0.39 is 0 Å². The minimum absolute atomic E-state index is 0.168. The lowest BCUT2D eigenvalue weighted by atomic mass is 10.1. The third kappa shape index (κ3) is 3.92. The van der Waals surface area contributed by atoms with Crippen LogP contribution in [0.5, 0.6) is 5.75 Å². The first-order valence-electron chi connectivity index (χ1n) is 9.53. The second-order valence-corrected chi connectivity index (χ2v) is 8.08. The van der Waals surface area contributed by atoms with Crippen LogP contribution in [0, 0.1) is 0 Å². The van der Waals surface area contributed by atoms with Crippen LogP contribution in [0.1, 0.15) is 6.42 Å². The van der Waals surface area contributed by atoms with E-state index in [1.807, 2.05) is 18.2 Å². The number of quaternary nitrogens is 1. The summed E-state index contributed by atoms with van der Waals surface area (Å²) in [7, 11) is 1.66. The number of imide groups is 1. The van der Waals surface area contributed by atoms with Crippen molar-refractivity contribution >= 4 is 46.4 Å². The Morgan fingerprint density at radius 1 is 1.00 bits per heavy atom. The van der Waals surface area contributed by atoms with E-state index in [1.54, 1.807) is 25.3 Å². The molecule has 2 aliphatic rings. The van der Waals surface area contributed by atoms with Crippen molar-refractivity contribution in [3.63, 3.8) is 0 Å². The van der Waals surface area contributed by atoms with Crippen LogP contribution in [0.4, 0.5) is 11.4 Å². The Kier molecular flexibility index (Phi) is 5.67. The minimum Gasteiger partial charge on any atom is -0.497 e. The normalized spacial score (nSPS) is 20.4. The molecule has 0 aliphatic carbocycles. The van der Waals surface area contributed by atoms with Gasteiger partial charge in [-0.05, 0) is 30.3 Å². The Morgan fingerprint density at radius 2 is 1.76 bits per heavy atom. The predicted octanol–water partition coefficient (Wildman–Crippen LogP) is 2.04. The molecule has 0 unspecified atom stereocenters. The van der Waals surface area contributed by atoms with Crippen LogP contribution >= 0.6 is 23.2 Å². The number of halogens is 2. The van der Waals surface area contributed by atoms with E-state index in [2.05, 4.69) is 11.0 Å². The zero-order chi connectivity index (χ0) is 20.5. The van der Waals surface area contributed by atoms with Gasteiger partial charge in [0.25, 0.3) is 5.91 Å². The molecule has 2 fully saturated rings. The molecule has 2 heterocycles. The van der Waals surface area contributed by atoms with Crippen LogP contribution in [-0.4, -0.2) is 51.1 Å². The number of hydrogen-bond acceptors (Lipinski definition) is 4. The molecule has 2 aromatic carbocycles. The van der Waals surface area contributed by atoms with E-state index in [0.29, 0.717) is 15.7 Å². The van der Waals surface area contributed by atoms with Crippen LogP contribution < -0.4 is 19.4 Å². The Morgan fingerprint density at radius 3 is 2.45 bits per heavy atom. The first-order chi connectivity index (χ1) is 14.0. The molecule has 0 bridgehead atoms. The van der Waals surface area contributed by atoms with Crippen LogP contribution in [0.2, 0.25) is 10.0 Å². The van der Waals surface area contributed by atoms with Crippen LogP contribution in [0.3, 0.4) is 0 Å². The van der Waals surface area contributed by atoms with Gasteiger partial charge >= 0.3 is 0 Å². The number of anilines is 2. The molecule has 4 rings (SSSR count). The standard InChI is InChI=1S/C21H21Cl2N3O3/c1-29-16-4-2-3-14(11-16)24-7-9-25(10-8-24)19-13-20(27)26(21(19)28)15-5-6-17(22)18(23)12-15/h2-6,11-12,19H,7-10,13H2,1H3/p+1/t19-/m0/s1. The minimum atomic E-state index is -0.357. The first-order valence-corrected chi connectivity index (χ1v) is 10.3. The number of ether oxygens (including phenoxy) is 1. The van der Waals surface area contributed by atoms with E-state index in [1.165, 1.54) is 4.90 Å². The summed E-state index contributed by atoms with van der Waals surface area (Å²) in [6.07, 6.45) is 0.216. The maximum absolute atomic E-state index is 13.0. The Bertz CT molecular complexity index is 945. The Hall–Kier alpha value is -2.28. The number of rotatable bonds is 4. The summed E-state index contributed by atoms with van der Waals surface area (Å²) in [5, 5.41) is 0.720. The molecule has 0 aromatic heterocycles. The highest BCUT2D eigenvalue weighted by molar-refractivity contribution is 6.42. The number of nitrogens with zero attached hydrogens (tertiary/aromatic N) is 2. The summed E-state index contributed by atoms with van der Waals surface area (Å²) in [6, 6.07) is 12.4. The van der Waals surface area contributed by atoms with Gasteiger partial charge in [-0.25, -0.2) is 4.90 Å². The van der Waals surface area contributed by atoms with Gasteiger partial charge in [0.05, 0.1) is 55.4 Å². The van der Waals surface area contributed by atoms with Crippen LogP contribution in [0.15, 0.2) is 42.5 Å². The molecule has 29 heavy (non-hydrogen) atoms. The van der Waals surface area contributed by atoms with E-state index in [9.17, 15) is 9.59 Å². The second kappa shape index (κ2) is 8.22. The molecule has 1 atom stereocenters. The monoisotopic (exact) mass is 434 g/mol. The van der Waals surface area contributed by atoms with Gasteiger partial charge in [0.1, 0.15) is 5.75 Å². The number of piperazine rings is 1. The predicted molar refractivity (Wildman–Crippen MR) is 113 cm³/mol. The van der Waals surface area contributed by atoms with Crippen molar-refractivity contribution in [3.05, 3.63) is 52.5 Å². The molecule has 152 valence electrons. The van der Waals surface area contributed by atoms with E-state index in [0.717, 1.165) is 42.5 Å². The number of nitrogens with one attached hydrogen (secondary N) is 1. The van der Waals surface area contributed by atoms with E-state index >= 15 is 0 Å². The van der Waals surface area contributed by atoms with Gasteiger partial charge in [-0.3, -0.25) is 9.59 Å². The highest BCUT2D eigenvalue weighted by Gasteiger charge is 2.46. The summed E-state index contributed by atoms with van der Waals surface area (Å²) in [6.45, 7) is 3.20. The maximum Gasteiger partial charge on any atom is 0.292 e. The molecule has 2 amide bonds. The second-order valence-electron chi connectivity index (χ2n) is 7.27. The van der Waals surface area contributed by atoms with Crippen molar-refractivity contribution in [2.45, 2.75) is 12.5 Å². The molecular weight excluding hydrogens is 413 g/mol. The molecule has 6 nitrogen and oxygen atoms in total.